The second-order valence-corrected chi connectivity index (χ2v) is 2.91. The molecule has 0 aliphatic carbocycles. The summed E-state index contributed by atoms with van der Waals surface area (Å²) in [6, 6.07) is 3.56. The van der Waals surface area contributed by atoms with E-state index in [0.29, 0.717) is 5.56 Å². The van der Waals surface area contributed by atoms with E-state index in [1.54, 1.807) is 18.3 Å². The van der Waals surface area contributed by atoms with Gasteiger partial charge in [0.1, 0.15) is 5.82 Å². The van der Waals surface area contributed by atoms with Gasteiger partial charge >= 0.3 is 0 Å². The summed E-state index contributed by atoms with van der Waals surface area (Å²) in [6.07, 6.45) is 6.70. The van der Waals surface area contributed by atoms with E-state index in [0.717, 1.165) is 25.2 Å². The quantitative estimate of drug-likeness (QED) is 0.500. The van der Waals surface area contributed by atoms with Gasteiger partial charge in [-0.1, -0.05) is 12.2 Å². The molecule has 0 aromatic carbocycles. The summed E-state index contributed by atoms with van der Waals surface area (Å²) in [5.41, 5.74) is 0.659. The predicted molar refractivity (Wildman–Crippen MR) is 51.0 cm³/mol. The first-order valence-electron chi connectivity index (χ1n) is 4.22. The van der Waals surface area contributed by atoms with Crippen LogP contribution in [0.25, 0.3) is 0 Å². The first-order valence-corrected chi connectivity index (χ1v) is 4.22. The fourth-order valence-electron chi connectivity index (χ4n) is 1.42. The van der Waals surface area contributed by atoms with Crippen molar-refractivity contribution in [2.45, 2.75) is 0 Å². The van der Waals surface area contributed by atoms with Crippen LogP contribution in [0.15, 0.2) is 30.5 Å². The molecule has 0 fully saturated rings. The number of carbonyl (C=O) groups excluding carboxylic acids is 1. The van der Waals surface area contributed by atoms with Crippen LogP contribution in [0, 0.1) is 0 Å². The van der Waals surface area contributed by atoms with Gasteiger partial charge < -0.3 is 4.90 Å². The van der Waals surface area contributed by atoms with Crippen molar-refractivity contribution in [1.82, 2.24) is 4.98 Å². The van der Waals surface area contributed by atoms with Crippen molar-refractivity contribution in [3.63, 3.8) is 0 Å². The van der Waals surface area contributed by atoms with Crippen molar-refractivity contribution in [3.05, 3.63) is 36.0 Å². The van der Waals surface area contributed by atoms with Gasteiger partial charge in [-0.3, -0.25) is 4.79 Å². The lowest BCUT2D eigenvalue weighted by Gasteiger charge is -2.17. The highest BCUT2D eigenvalue weighted by Gasteiger charge is 2.12. The lowest BCUT2D eigenvalue weighted by atomic mass is 10.2. The number of hydrogen-bond donors (Lipinski definition) is 0. The van der Waals surface area contributed by atoms with Crippen molar-refractivity contribution >= 4 is 12.1 Å². The van der Waals surface area contributed by atoms with Crippen LogP contribution < -0.4 is 4.90 Å². The molecule has 66 valence electrons. The molecule has 0 radical (unpaired) electrons. The van der Waals surface area contributed by atoms with Gasteiger partial charge in [0.2, 0.25) is 0 Å². The first-order chi connectivity index (χ1) is 6.42. The smallest absolute Gasteiger partial charge is 0.153 e. The Kier molecular flexibility index (Phi) is 2.08. The fraction of sp³-hybridized carbons (Fsp3) is 0.200. The van der Waals surface area contributed by atoms with Crippen molar-refractivity contribution in [2.75, 3.05) is 18.0 Å². The maximum atomic E-state index is 10.7. The summed E-state index contributed by atoms with van der Waals surface area (Å²) in [7, 11) is 0. The van der Waals surface area contributed by atoms with Crippen LogP contribution >= 0.6 is 0 Å². The summed E-state index contributed by atoms with van der Waals surface area (Å²) >= 11 is 0. The molecule has 3 heteroatoms. The molecule has 1 aromatic rings. The summed E-state index contributed by atoms with van der Waals surface area (Å²) in [6.45, 7) is 1.69. The van der Waals surface area contributed by atoms with Gasteiger partial charge in [0.15, 0.2) is 6.29 Å². The second-order valence-electron chi connectivity index (χ2n) is 2.91. The molecule has 0 atom stereocenters. The molecule has 0 N–H and O–H groups in total. The number of hydrogen-bond acceptors (Lipinski definition) is 3. The minimum absolute atomic E-state index is 0.659. The van der Waals surface area contributed by atoms with Crippen molar-refractivity contribution in [3.8, 4) is 0 Å². The zero-order chi connectivity index (χ0) is 9.10. The van der Waals surface area contributed by atoms with Gasteiger partial charge in [-0.25, -0.2) is 4.98 Å². The van der Waals surface area contributed by atoms with Gasteiger partial charge in [-0.05, 0) is 12.1 Å². The normalized spacial score (nSPS) is 14.9. The Labute approximate surface area is 76.7 Å². The van der Waals surface area contributed by atoms with Crippen LogP contribution in [-0.4, -0.2) is 24.4 Å². The van der Waals surface area contributed by atoms with Crippen molar-refractivity contribution in [2.24, 2.45) is 0 Å². The average Bonchev–Trinajstić information content (AvgIpc) is 2.70. The van der Waals surface area contributed by atoms with Crippen LogP contribution in [-0.2, 0) is 0 Å². The molecule has 0 unspecified atom stereocenters. The first kappa shape index (κ1) is 7.98. The highest BCUT2D eigenvalue weighted by atomic mass is 16.1. The number of aldehydes is 1. The Bertz CT molecular complexity index is 339. The molecule has 0 spiro atoms. The van der Waals surface area contributed by atoms with E-state index >= 15 is 0 Å². The third-order valence-corrected chi connectivity index (χ3v) is 2.06. The number of nitrogens with zero attached hydrogens (tertiary/aromatic N) is 2. The number of carbonyl (C=O) groups is 1. The minimum Gasteiger partial charge on any atom is -0.349 e. The maximum Gasteiger partial charge on any atom is 0.153 e. The van der Waals surface area contributed by atoms with Crippen LogP contribution in [0.2, 0.25) is 0 Å². The van der Waals surface area contributed by atoms with Crippen LogP contribution in [0.4, 0.5) is 5.82 Å². The molecule has 0 saturated heterocycles. The van der Waals surface area contributed by atoms with E-state index < -0.39 is 0 Å². The highest BCUT2D eigenvalue weighted by molar-refractivity contribution is 5.82. The van der Waals surface area contributed by atoms with E-state index in [-0.39, 0.29) is 0 Å². The molecule has 0 bridgehead atoms. The topological polar surface area (TPSA) is 33.2 Å². The Morgan fingerprint density at radius 3 is 2.85 bits per heavy atom. The monoisotopic (exact) mass is 174 g/mol. The molecule has 13 heavy (non-hydrogen) atoms. The van der Waals surface area contributed by atoms with Gasteiger partial charge in [0, 0.05) is 19.3 Å². The van der Waals surface area contributed by atoms with Crippen LogP contribution in [0.1, 0.15) is 10.4 Å². The number of anilines is 1. The van der Waals surface area contributed by atoms with Gasteiger partial charge in [0.25, 0.3) is 0 Å². The molecule has 1 aliphatic heterocycles. The fourth-order valence-corrected chi connectivity index (χ4v) is 1.42. The van der Waals surface area contributed by atoms with E-state index in [4.69, 9.17) is 0 Å². The van der Waals surface area contributed by atoms with E-state index in [9.17, 15) is 4.79 Å². The summed E-state index contributed by atoms with van der Waals surface area (Å²) in [4.78, 5) is 16.9. The lowest BCUT2D eigenvalue weighted by Crippen LogP contribution is -2.21. The zero-order valence-corrected chi connectivity index (χ0v) is 7.18. The Balaban J connectivity index is 2.32. The zero-order valence-electron chi connectivity index (χ0n) is 7.18. The third-order valence-electron chi connectivity index (χ3n) is 2.06. The summed E-state index contributed by atoms with van der Waals surface area (Å²) in [5, 5.41) is 0. The second kappa shape index (κ2) is 3.39. The largest absolute Gasteiger partial charge is 0.349 e. The van der Waals surface area contributed by atoms with Crippen molar-refractivity contribution in [1.29, 1.82) is 0 Å². The average molecular weight is 174 g/mol. The highest BCUT2D eigenvalue weighted by Crippen LogP contribution is 2.17. The summed E-state index contributed by atoms with van der Waals surface area (Å²) in [5.74, 6) is 0.780. The number of rotatable bonds is 2. The number of pyridine rings is 1. The van der Waals surface area contributed by atoms with Gasteiger partial charge in [0.05, 0.1) is 5.56 Å². The summed E-state index contributed by atoms with van der Waals surface area (Å²) < 4.78 is 0. The standard InChI is InChI=1S/C10H10N2O/c13-8-9-4-3-5-11-10(9)12-6-1-2-7-12/h1-5,8H,6-7H2. The van der Waals surface area contributed by atoms with Gasteiger partial charge in [-0.2, -0.15) is 0 Å². The number of aromatic nitrogens is 1. The van der Waals surface area contributed by atoms with E-state index in [1.165, 1.54) is 0 Å². The lowest BCUT2D eigenvalue weighted by molar-refractivity contribution is 0.112. The molecule has 2 rings (SSSR count). The molecule has 1 aliphatic rings. The molecule has 0 amide bonds. The van der Waals surface area contributed by atoms with Crippen LogP contribution in [0.3, 0.4) is 0 Å². The van der Waals surface area contributed by atoms with E-state index in [1.807, 2.05) is 0 Å². The van der Waals surface area contributed by atoms with Crippen LogP contribution in [0.5, 0.6) is 0 Å². The minimum atomic E-state index is 0.659. The SMILES string of the molecule is O=Cc1cccnc1N1CC=CC1. The van der Waals surface area contributed by atoms with Crippen molar-refractivity contribution < 1.29 is 4.79 Å². The third kappa shape index (κ3) is 1.45. The van der Waals surface area contributed by atoms with E-state index in [2.05, 4.69) is 22.0 Å². The molecule has 1 aromatic heterocycles. The molecule has 3 nitrogen and oxygen atoms in total. The predicted octanol–water partition coefficient (Wildman–Crippen LogP) is 1.27. The van der Waals surface area contributed by atoms with Gasteiger partial charge in [-0.15, -0.1) is 0 Å². The molecule has 2 heterocycles. The Hall–Kier alpha value is -1.64. The molecule has 0 saturated carbocycles. The Morgan fingerprint density at radius 1 is 1.38 bits per heavy atom. The molecular weight excluding hydrogens is 164 g/mol. The maximum absolute atomic E-state index is 10.7. The Morgan fingerprint density at radius 2 is 2.15 bits per heavy atom. The molecular formula is C10H10N2O.